The van der Waals surface area contributed by atoms with E-state index < -0.39 is 0 Å². The fraction of sp³-hybridized carbons (Fsp3) is 1.00. The van der Waals surface area contributed by atoms with Crippen molar-refractivity contribution in [1.29, 1.82) is 0 Å². The second kappa shape index (κ2) is 3.82. The van der Waals surface area contributed by atoms with Crippen LogP contribution in [0.1, 0.15) is 40.0 Å². The average molecular weight is 196 g/mol. The lowest BCUT2D eigenvalue weighted by atomic mass is 9.67. The van der Waals surface area contributed by atoms with Gasteiger partial charge in [0.2, 0.25) is 0 Å². The molecule has 0 aromatic rings. The van der Waals surface area contributed by atoms with Gasteiger partial charge in [-0.3, -0.25) is 4.90 Å². The highest BCUT2D eigenvalue weighted by Crippen LogP contribution is 2.43. The SMILES string of the molecule is CCC1CNCCN1C1CC(C)(C)C1. The van der Waals surface area contributed by atoms with Crippen molar-refractivity contribution >= 4 is 0 Å². The van der Waals surface area contributed by atoms with E-state index in [1.165, 1.54) is 38.9 Å². The Bertz CT molecular complexity index is 192. The van der Waals surface area contributed by atoms with Crippen LogP contribution in [0.25, 0.3) is 0 Å². The number of rotatable bonds is 2. The molecule has 1 saturated carbocycles. The Morgan fingerprint density at radius 1 is 1.36 bits per heavy atom. The molecule has 82 valence electrons. The van der Waals surface area contributed by atoms with Crippen molar-refractivity contribution in [2.75, 3.05) is 19.6 Å². The summed E-state index contributed by atoms with van der Waals surface area (Å²) >= 11 is 0. The lowest BCUT2D eigenvalue weighted by molar-refractivity contribution is -0.0112. The van der Waals surface area contributed by atoms with E-state index in [0.717, 1.165) is 12.1 Å². The summed E-state index contributed by atoms with van der Waals surface area (Å²) in [5.74, 6) is 0. The van der Waals surface area contributed by atoms with Crippen LogP contribution in [0.4, 0.5) is 0 Å². The quantitative estimate of drug-likeness (QED) is 0.725. The Morgan fingerprint density at radius 3 is 2.64 bits per heavy atom. The van der Waals surface area contributed by atoms with Gasteiger partial charge >= 0.3 is 0 Å². The third-order valence-corrected chi connectivity index (χ3v) is 3.91. The van der Waals surface area contributed by atoms with Crippen LogP contribution in [-0.4, -0.2) is 36.6 Å². The van der Waals surface area contributed by atoms with Crippen LogP contribution in [-0.2, 0) is 0 Å². The van der Waals surface area contributed by atoms with Gasteiger partial charge in [0, 0.05) is 31.7 Å². The molecule has 2 aliphatic rings. The molecule has 1 aliphatic carbocycles. The van der Waals surface area contributed by atoms with Crippen LogP contribution < -0.4 is 5.32 Å². The third-order valence-electron chi connectivity index (χ3n) is 3.91. The highest BCUT2D eigenvalue weighted by Gasteiger charge is 2.41. The van der Waals surface area contributed by atoms with E-state index in [1.54, 1.807) is 0 Å². The molecule has 2 heteroatoms. The van der Waals surface area contributed by atoms with Crippen LogP contribution in [0.15, 0.2) is 0 Å². The molecular weight excluding hydrogens is 172 g/mol. The first kappa shape index (κ1) is 10.4. The van der Waals surface area contributed by atoms with Crippen molar-refractivity contribution in [3.8, 4) is 0 Å². The molecular formula is C12H24N2. The molecule has 1 unspecified atom stereocenters. The normalized spacial score (nSPS) is 34.1. The first-order valence-electron chi connectivity index (χ1n) is 6.09. The summed E-state index contributed by atoms with van der Waals surface area (Å²) in [7, 11) is 0. The molecule has 0 bridgehead atoms. The number of hydrogen-bond acceptors (Lipinski definition) is 2. The lowest BCUT2D eigenvalue weighted by Gasteiger charge is -2.52. The zero-order valence-electron chi connectivity index (χ0n) is 9.84. The minimum atomic E-state index is 0.619. The predicted molar refractivity (Wildman–Crippen MR) is 60.5 cm³/mol. The molecule has 0 amide bonds. The molecule has 14 heavy (non-hydrogen) atoms. The van der Waals surface area contributed by atoms with Crippen molar-refractivity contribution < 1.29 is 0 Å². The molecule has 1 aliphatic heterocycles. The van der Waals surface area contributed by atoms with Crippen molar-refractivity contribution in [3.05, 3.63) is 0 Å². The highest BCUT2D eigenvalue weighted by molar-refractivity contribution is 4.96. The van der Waals surface area contributed by atoms with Gasteiger partial charge in [-0.2, -0.15) is 0 Å². The molecule has 1 atom stereocenters. The van der Waals surface area contributed by atoms with Gasteiger partial charge < -0.3 is 5.32 Å². The van der Waals surface area contributed by atoms with Crippen LogP contribution in [0.3, 0.4) is 0 Å². The Balaban J connectivity index is 1.89. The molecule has 0 aromatic carbocycles. The molecule has 2 fully saturated rings. The van der Waals surface area contributed by atoms with Crippen LogP contribution in [0.5, 0.6) is 0 Å². The summed E-state index contributed by atoms with van der Waals surface area (Å²) in [4.78, 5) is 2.75. The lowest BCUT2D eigenvalue weighted by Crippen LogP contribution is -2.59. The summed E-state index contributed by atoms with van der Waals surface area (Å²) in [6, 6.07) is 1.68. The summed E-state index contributed by atoms with van der Waals surface area (Å²) in [6.07, 6.45) is 4.11. The second-order valence-electron chi connectivity index (χ2n) is 5.73. The van der Waals surface area contributed by atoms with Gasteiger partial charge in [-0.05, 0) is 24.7 Å². The van der Waals surface area contributed by atoms with Crippen LogP contribution in [0, 0.1) is 5.41 Å². The molecule has 0 spiro atoms. The van der Waals surface area contributed by atoms with Gasteiger partial charge in [-0.1, -0.05) is 20.8 Å². The Hall–Kier alpha value is -0.0800. The standard InChI is InChI=1S/C12H24N2/c1-4-10-9-13-5-6-14(10)11-7-12(2,3)8-11/h10-11,13H,4-9H2,1-3H3. The van der Waals surface area contributed by atoms with Crippen LogP contribution >= 0.6 is 0 Å². The van der Waals surface area contributed by atoms with Gasteiger partial charge in [0.05, 0.1) is 0 Å². The summed E-state index contributed by atoms with van der Waals surface area (Å²) in [5.41, 5.74) is 0.619. The monoisotopic (exact) mass is 196 g/mol. The van der Waals surface area contributed by atoms with Gasteiger partial charge in [0.25, 0.3) is 0 Å². The van der Waals surface area contributed by atoms with E-state index in [4.69, 9.17) is 0 Å². The Kier molecular flexibility index (Phi) is 2.85. The molecule has 1 saturated heterocycles. The predicted octanol–water partition coefficient (Wildman–Crippen LogP) is 1.86. The third kappa shape index (κ3) is 1.96. The first-order valence-corrected chi connectivity index (χ1v) is 6.09. The van der Waals surface area contributed by atoms with E-state index in [2.05, 4.69) is 31.0 Å². The first-order chi connectivity index (χ1) is 6.62. The van der Waals surface area contributed by atoms with E-state index in [0.29, 0.717) is 5.41 Å². The Morgan fingerprint density at radius 2 is 2.07 bits per heavy atom. The maximum atomic E-state index is 3.50. The van der Waals surface area contributed by atoms with Crippen molar-refractivity contribution in [1.82, 2.24) is 10.2 Å². The second-order valence-corrected chi connectivity index (χ2v) is 5.73. The van der Waals surface area contributed by atoms with Gasteiger partial charge in [-0.15, -0.1) is 0 Å². The van der Waals surface area contributed by atoms with E-state index in [1.807, 2.05) is 0 Å². The molecule has 2 rings (SSSR count). The maximum absolute atomic E-state index is 3.50. The number of nitrogens with zero attached hydrogens (tertiary/aromatic N) is 1. The van der Waals surface area contributed by atoms with E-state index >= 15 is 0 Å². The zero-order valence-corrected chi connectivity index (χ0v) is 9.84. The van der Waals surface area contributed by atoms with Crippen molar-refractivity contribution in [2.45, 2.75) is 52.1 Å². The molecule has 2 nitrogen and oxygen atoms in total. The van der Waals surface area contributed by atoms with Crippen molar-refractivity contribution in [3.63, 3.8) is 0 Å². The average Bonchev–Trinajstić information content (AvgIpc) is 2.14. The van der Waals surface area contributed by atoms with Gasteiger partial charge in [0.1, 0.15) is 0 Å². The topological polar surface area (TPSA) is 15.3 Å². The summed E-state index contributed by atoms with van der Waals surface area (Å²) in [6.45, 7) is 10.8. The van der Waals surface area contributed by atoms with Gasteiger partial charge in [-0.25, -0.2) is 0 Å². The fourth-order valence-corrected chi connectivity index (χ4v) is 3.09. The minimum Gasteiger partial charge on any atom is -0.314 e. The van der Waals surface area contributed by atoms with E-state index in [9.17, 15) is 0 Å². The number of hydrogen-bond donors (Lipinski definition) is 1. The number of nitrogens with one attached hydrogen (secondary N) is 1. The zero-order chi connectivity index (χ0) is 10.2. The summed E-state index contributed by atoms with van der Waals surface area (Å²) in [5, 5.41) is 3.50. The number of piperazine rings is 1. The maximum Gasteiger partial charge on any atom is 0.0221 e. The Labute approximate surface area is 88.1 Å². The summed E-state index contributed by atoms with van der Waals surface area (Å²) < 4.78 is 0. The smallest absolute Gasteiger partial charge is 0.0221 e. The fourth-order valence-electron chi connectivity index (χ4n) is 3.09. The molecule has 0 radical (unpaired) electrons. The molecule has 1 heterocycles. The largest absolute Gasteiger partial charge is 0.314 e. The minimum absolute atomic E-state index is 0.619. The van der Waals surface area contributed by atoms with Crippen LogP contribution in [0.2, 0.25) is 0 Å². The molecule has 0 aromatic heterocycles. The van der Waals surface area contributed by atoms with E-state index in [-0.39, 0.29) is 0 Å². The molecule has 1 N–H and O–H groups in total. The highest BCUT2D eigenvalue weighted by atomic mass is 15.2. The van der Waals surface area contributed by atoms with Gasteiger partial charge in [0.15, 0.2) is 0 Å². The van der Waals surface area contributed by atoms with Crippen molar-refractivity contribution in [2.24, 2.45) is 5.41 Å².